The number of nitriles is 1. The fraction of sp³-hybridized carbons (Fsp3) is 0.481. The fourth-order valence-electron chi connectivity index (χ4n) is 5.71. The molecule has 3 aromatic rings. The first kappa shape index (κ1) is 24.2. The lowest BCUT2D eigenvalue weighted by Gasteiger charge is -2.51. The van der Waals surface area contributed by atoms with Crippen LogP contribution in [0.25, 0.3) is 22.4 Å². The Morgan fingerprint density at radius 1 is 1.14 bits per heavy atom. The van der Waals surface area contributed by atoms with Gasteiger partial charge in [-0.25, -0.2) is 14.3 Å². The zero-order valence-corrected chi connectivity index (χ0v) is 21.7. The Morgan fingerprint density at radius 3 is 2.53 bits per heavy atom. The Morgan fingerprint density at radius 2 is 1.89 bits per heavy atom. The Bertz CT molecular complexity index is 1440. The van der Waals surface area contributed by atoms with Crippen LogP contribution < -0.4 is 5.69 Å². The summed E-state index contributed by atoms with van der Waals surface area (Å²) in [6.07, 6.45) is 2.17. The summed E-state index contributed by atoms with van der Waals surface area (Å²) in [6, 6.07) is 12.7. The first-order valence-corrected chi connectivity index (χ1v) is 12.5. The van der Waals surface area contributed by atoms with Crippen LogP contribution in [0.15, 0.2) is 35.1 Å². The number of carbonyl (C=O) groups excluding carboxylic acids is 1. The van der Waals surface area contributed by atoms with Crippen LogP contribution in [0.5, 0.6) is 0 Å². The molecule has 0 spiro atoms. The molecule has 3 aliphatic rings. The topological polar surface area (TPSA) is 87.2 Å². The van der Waals surface area contributed by atoms with Crippen LogP contribution in [0.4, 0.5) is 0 Å². The lowest BCUT2D eigenvalue weighted by molar-refractivity contribution is -0.893. The van der Waals surface area contributed by atoms with E-state index in [1.165, 1.54) is 0 Å². The molecule has 2 bridgehead atoms. The highest BCUT2D eigenvalue weighted by Crippen LogP contribution is 2.31. The maximum atomic E-state index is 12.9. The molecule has 0 aliphatic carbocycles. The normalized spacial score (nSPS) is 20.2. The first-order chi connectivity index (χ1) is 17.1. The number of fused-ring (bicyclic) bond motifs is 4. The van der Waals surface area contributed by atoms with Crippen molar-refractivity contribution in [3.63, 3.8) is 0 Å². The van der Waals surface area contributed by atoms with Gasteiger partial charge in [0, 0.05) is 51.3 Å². The van der Waals surface area contributed by atoms with Crippen LogP contribution >= 0.6 is 0 Å². The number of piperidine rings is 2. The molecular formula is C27H34N7O2+. The second-order valence-corrected chi connectivity index (χ2v) is 11.2. The largest absolute Gasteiger partial charge is 0.337 e. The summed E-state index contributed by atoms with van der Waals surface area (Å²) < 4.78 is 3.95. The number of carbonyl (C=O) groups is 1. The van der Waals surface area contributed by atoms with E-state index in [0.29, 0.717) is 34.1 Å². The van der Waals surface area contributed by atoms with Gasteiger partial charge in [0.1, 0.15) is 0 Å². The number of amides is 1. The minimum atomic E-state index is -0.100. The number of aromatic nitrogens is 3. The van der Waals surface area contributed by atoms with Crippen molar-refractivity contribution in [2.45, 2.75) is 45.1 Å². The van der Waals surface area contributed by atoms with Gasteiger partial charge in [0.2, 0.25) is 5.91 Å². The molecule has 3 aliphatic heterocycles. The molecule has 0 saturated carbocycles. The highest BCUT2D eigenvalue weighted by atomic mass is 16.2. The second-order valence-electron chi connectivity index (χ2n) is 11.2. The average Bonchev–Trinajstić information content (AvgIpc) is 3.07. The third-order valence-corrected chi connectivity index (χ3v) is 7.46. The van der Waals surface area contributed by atoms with Gasteiger partial charge in [-0.2, -0.15) is 5.26 Å². The standard InChI is InChI=1S/C27H34N7O2/c1-18(35)32-16-21-8-9-22(32)15-31(21)14-19-6-7-20(13-28)23(12-19)24-10-11-25-26(29-24)30(2)27(36)33(25)17-34(3,4)5/h6-7,10-12,21-22H,8-9,14-17H2,1-5H3/q+1. The molecule has 0 N–H and O–H groups in total. The predicted molar refractivity (Wildman–Crippen MR) is 138 cm³/mol. The summed E-state index contributed by atoms with van der Waals surface area (Å²) >= 11 is 0. The lowest BCUT2D eigenvalue weighted by atomic mass is 9.90. The van der Waals surface area contributed by atoms with Gasteiger partial charge < -0.3 is 9.38 Å². The number of quaternary nitrogens is 1. The van der Waals surface area contributed by atoms with Gasteiger partial charge in [-0.15, -0.1) is 0 Å². The van der Waals surface area contributed by atoms with Gasteiger partial charge in [0.05, 0.1) is 44.0 Å². The van der Waals surface area contributed by atoms with Crippen molar-refractivity contribution in [3.05, 3.63) is 51.9 Å². The average molecular weight is 489 g/mol. The van der Waals surface area contributed by atoms with Crippen molar-refractivity contribution in [1.82, 2.24) is 23.9 Å². The molecule has 2 atom stereocenters. The lowest BCUT2D eigenvalue weighted by Crippen LogP contribution is -2.63. The third-order valence-electron chi connectivity index (χ3n) is 7.46. The Balaban J connectivity index is 1.47. The highest BCUT2D eigenvalue weighted by Gasteiger charge is 2.39. The molecule has 5 heterocycles. The summed E-state index contributed by atoms with van der Waals surface area (Å²) in [4.78, 5) is 34.2. The number of hydrogen-bond donors (Lipinski definition) is 0. The summed E-state index contributed by atoms with van der Waals surface area (Å²) in [5.74, 6) is 0.163. The third kappa shape index (κ3) is 4.31. The van der Waals surface area contributed by atoms with E-state index in [0.717, 1.165) is 49.1 Å². The van der Waals surface area contributed by atoms with E-state index in [2.05, 4.69) is 17.0 Å². The van der Waals surface area contributed by atoms with E-state index in [9.17, 15) is 14.9 Å². The van der Waals surface area contributed by atoms with Crippen molar-refractivity contribution in [2.75, 3.05) is 34.2 Å². The molecule has 6 rings (SSSR count). The molecule has 9 heteroatoms. The summed E-state index contributed by atoms with van der Waals surface area (Å²) in [6.45, 7) is 4.64. The van der Waals surface area contributed by atoms with Crippen molar-refractivity contribution in [1.29, 1.82) is 5.26 Å². The van der Waals surface area contributed by atoms with Gasteiger partial charge in [-0.05, 0) is 42.7 Å². The monoisotopic (exact) mass is 488 g/mol. The number of aryl methyl sites for hydroxylation is 1. The van der Waals surface area contributed by atoms with Crippen molar-refractivity contribution in [2.24, 2.45) is 7.05 Å². The number of imidazole rings is 1. The number of piperazine rings is 1. The maximum Gasteiger partial charge on any atom is 0.334 e. The zero-order chi connectivity index (χ0) is 25.8. The van der Waals surface area contributed by atoms with E-state index in [-0.39, 0.29) is 17.6 Å². The minimum Gasteiger partial charge on any atom is -0.337 e. The van der Waals surface area contributed by atoms with Gasteiger partial charge in [-0.1, -0.05) is 6.07 Å². The Hall–Kier alpha value is -3.48. The van der Waals surface area contributed by atoms with E-state index < -0.39 is 0 Å². The van der Waals surface area contributed by atoms with Crippen LogP contribution in [0.1, 0.15) is 30.9 Å². The Kier molecular flexibility index (Phi) is 5.97. The van der Waals surface area contributed by atoms with Crippen molar-refractivity contribution >= 4 is 17.1 Å². The van der Waals surface area contributed by atoms with Crippen molar-refractivity contribution in [3.8, 4) is 17.3 Å². The maximum absolute atomic E-state index is 12.9. The number of pyridine rings is 1. The Labute approximate surface area is 211 Å². The molecule has 36 heavy (non-hydrogen) atoms. The van der Waals surface area contributed by atoms with Crippen LogP contribution in [0.3, 0.4) is 0 Å². The molecule has 188 valence electrons. The smallest absolute Gasteiger partial charge is 0.334 e. The van der Waals surface area contributed by atoms with Crippen LogP contribution in [0.2, 0.25) is 0 Å². The molecular weight excluding hydrogens is 454 g/mol. The number of benzene rings is 1. The number of nitrogens with zero attached hydrogens (tertiary/aromatic N) is 7. The summed E-state index contributed by atoms with van der Waals surface area (Å²) in [5.41, 5.74) is 4.43. The molecule has 1 aromatic carbocycles. The fourth-order valence-corrected chi connectivity index (χ4v) is 5.71. The van der Waals surface area contributed by atoms with E-state index in [4.69, 9.17) is 4.98 Å². The number of rotatable bonds is 5. The van der Waals surface area contributed by atoms with E-state index in [1.54, 1.807) is 23.1 Å². The van der Waals surface area contributed by atoms with Gasteiger partial charge in [0.25, 0.3) is 0 Å². The minimum absolute atomic E-state index is 0.100. The van der Waals surface area contributed by atoms with Gasteiger partial charge in [0.15, 0.2) is 12.3 Å². The molecule has 0 radical (unpaired) electrons. The van der Waals surface area contributed by atoms with E-state index >= 15 is 0 Å². The van der Waals surface area contributed by atoms with Crippen LogP contribution in [0, 0.1) is 11.3 Å². The molecule has 9 nitrogen and oxygen atoms in total. The van der Waals surface area contributed by atoms with E-state index in [1.807, 2.05) is 50.3 Å². The molecule has 2 unspecified atom stereocenters. The van der Waals surface area contributed by atoms with Crippen molar-refractivity contribution < 1.29 is 9.28 Å². The molecule has 3 fully saturated rings. The summed E-state index contributed by atoms with van der Waals surface area (Å²) in [5, 5.41) is 9.82. The summed E-state index contributed by atoms with van der Waals surface area (Å²) in [7, 11) is 7.88. The SMILES string of the molecule is CC(=O)N1CC2CCC1CN2Cc1ccc(C#N)c(-c2ccc3c(n2)n(C)c(=O)n3C[N+](C)(C)C)c1. The highest BCUT2D eigenvalue weighted by molar-refractivity contribution is 5.78. The first-order valence-electron chi connectivity index (χ1n) is 12.5. The molecule has 2 aromatic heterocycles. The van der Waals surface area contributed by atoms with Crippen LogP contribution in [-0.2, 0) is 25.1 Å². The second kappa shape index (κ2) is 8.87. The van der Waals surface area contributed by atoms with Crippen LogP contribution in [-0.4, -0.2) is 80.6 Å². The van der Waals surface area contributed by atoms with Gasteiger partial charge in [-0.3, -0.25) is 14.3 Å². The number of hydrogen-bond acceptors (Lipinski definition) is 5. The zero-order valence-electron chi connectivity index (χ0n) is 21.7. The molecule has 3 saturated heterocycles. The predicted octanol–water partition coefficient (Wildman–Crippen LogP) is 2.13. The molecule has 1 amide bonds. The van der Waals surface area contributed by atoms with Gasteiger partial charge >= 0.3 is 5.69 Å². The quantitative estimate of drug-likeness (QED) is 0.514.